The third-order valence-corrected chi connectivity index (χ3v) is 22.7. The Kier molecular flexibility index (Phi) is 15.1. The fourth-order valence-corrected chi connectivity index (χ4v) is 17.2. The summed E-state index contributed by atoms with van der Waals surface area (Å²) in [6.45, 7) is 44.2. The van der Waals surface area contributed by atoms with Crippen molar-refractivity contribution in [2.24, 2.45) is 0 Å². The predicted molar refractivity (Wildman–Crippen MR) is 435 cm³/mol. The van der Waals surface area contributed by atoms with Crippen molar-refractivity contribution in [3.8, 4) is 27.9 Å². The van der Waals surface area contributed by atoms with Crippen LogP contribution in [0.15, 0.2) is 247 Å². The van der Waals surface area contributed by atoms with Gasteiger partial charge in [0, 0.05) is 55.6 Å². The van der Waals surface area contributed by atoms with Crippen LogP contribution in [0.2, 0.25) is 0 Å². The van der Waals surface area contributed by atoms with Crippen LogP contribution in [-0.2, 0) is 37.9 Å². The molecule has 0 aliphatic heterocycles. The Morgan fingerprint density at radius 3 is 1.34 bits per heavy atom. The van der Waals surface area contributed by atoms with Crippen molar-refractivity contribution in [3.05, 3.63) is 315 Å². The first-order valence-electron chi connectivity index (χ1n) is 36.9. The van der Waals surface area contributed by atoms with Crippen LogP contribution in [0.3, 0.4) is 0 Å². The first kappa shape index (κ1) is 66.4. The zero-order valence-electron chi connectivity index (χ0n) is 63.3. The van der Waals surface area contributed by atoms with Crippen LogP contribution in [0.5, 0.6) is 0 Å². The number of hydrogen-bond acceptors (Lipinski definition) is 3. The van der Waals surface area contributed by atoms with E-state index in [4.69, 9.17) is 4.42 Å². The van der Waals surface area contributed by atoms with Gasteiger partial charge in [-0.2, -0.15) is 0 Å². The number of benzene rings is 12. The summed E-state index contributed by atoms with van der Waals surface area (Å²) in [5, 5.41) is 4.57. The van der Waals surface area contributed by atoms with E-state index in [-0.39, 0.29) is 27.1 Å². The van der Waals surface area contributed by atoms with Crippen LogP contribution in [0.4, 0.5) is 34.1 Å². The van der Waals surface area contributed by atoms with Crippen molar-refractivity contribution in [1.82, 2.24) is 4.57 Å². The Bertz CT molecular complexity index is 5680. The standard InChI is InChI=1S/C98H97N3O/c1-60-26-24-28-72(54-60)99(69-46-38-63(39-47-69)93(6,7)8)83-58-80-89(91-86(83)75-31-21-23-33-85(75)102-91)88-79(59-84(90-87(88)74-30-20-22-32-78(74)97(90,18)19)100(73-29-25-27-61(2)55-73)70-48-40-64(41-49-70)94(9,10)11)98(80,66-36-34-62(35-37-66)92(3,4)5)68-45-53-82-77(57-68)76-56-67(96(15,16)17)44-52-81(76)101(82)71-50-42-65(43-51-71)95(12,13)14/h20-59H,1-19H3. The molecular weight excluding hydrogens is 1240 g/mol. The lowest BCUT2D eigenvalue weighted by Crippen LogP contribution is -2.30. The summed E-state index contributed by atoms with van der Waals surface area (Å²) in [4.78, 5) is 5.13. The molecule has 2 aromatic heterocycles. The number of nitrogens with zero attached hydrogens (tertiary/aromatic N) is 3. The zero-order chi connectivity index (χ0) is 71.7. The highest BCUT2D eigenvalue weighted by Crippen LogP contribution is 2.68. The van der Waals surface area contributed by atoms with Gasteiger partial charge in [0.25, 0.3) is 0 Å². The summed E-state index contributed by atoms with van der Waals surface area (Å²) in [5.74, 6) is 0. The molecular formula is C98H97N3O. The summed E-state index contributed by atoms with van der Waals surface area (Å²) < 4.78 is 10.4. The number of fused-ring (bicyclic) bond motifs is 14. The Hall–Kier alpha value is -10.2. The van der Waals surface area contributed by atoms with Crippen LogP contribution in [0, 0.1) is 13.8 Å². The number of furan rings is 1. The molecule has 16 rings (SSSR count). The van der Waals surface area contributed by atoms with Crippen LogP contribution in [-0.4, -0.2) is 4.57 Å². The van der Waals surface area contributed by atoms with E-state index in [2.05, 4.69) is 389 Å². The SMILES string of the molecule is Cc1cccc(N(c2ccc(C(C)(C)C)cc2)c2cc3c(c4c2C(C)(C)c2ccccc2-4)-c2c(cc(N(c4ccc(C(C)(C)C)cc4)c4cccc(C)c4)c4c2oc2ccccc24)C3(c2ccc(C(C)(C)C)cc2)c2ccc3c(c2)c2cc(C(C)(C)C)ccc2n3-c2ccc(C(C)(C)C)cc2)c1. The molecule has 2 aliphatic rings. The maximum atomic E-state index is 7.91. The second kappa shape index (κ2) is 23.2. The summed E-state index contributed by atoms with van der Waals surface area (Å²) in [7, 11) is 0. The average Bonchev–Trinajstić information content (AvgIpc) is 1.49. The molecule has 0 saturated heterocycles. The Balaban J connectivity index is 1.14. The van der Waals surface area contributed by atoms with Crippen molar-refractivity contribution < 1.29 is 4.42 Å². The number of aryl methyl sites for hydroxylation is 2. The molecule has 2 heterocycles. The quantitative estimate of drug-likeness (QED) is 0.144. The van der Waals surface area contributed by atoms with E-state index in [1.54, 1.807) is 0 Å². The van der Waals surface area contributed by atoms with Crippen molar-refractivity contribution in [2.45, 2.75) is 169 Å². The lowest BCUT2D eigenvalue weighted by atomic mass is 9.66. The van der Waals surface area contributed by atoms with E-state index in [9.17, 15) is 0 Å². The van der Waals surface area contributed by atoms with Gasteiger partial charge in [0.1, 0.15) is 11.2 Å². The molecule has 12 aromatic carbocycles. The summed E-state index contributed by atoms with van der Waals surface area (Å²) in [6.07, 6.45) is 0. The maximum Gasteiger partial charge on any atom is 0.145 e. The Labute approximate surface area is 605 Å². The van der Waals surface area contributed by atoms with Crippen LogP contribution >= 0.6 is 0 Å². The molecule has 0 radical (unpaired) electrons. The molecule has 1 unspecified atom stereocenters. The lowest BCUT2D eigenvalue weighted by Gasteiger charge is -2.38. The molecule has 0 amide bonds. The van der Waals surface area contributed by atoms with Crippen molar-refractivity contribution in [3.63, 3.8) is 0 Å². The van der Waals surface area contributed by atoms with Gasteiger partial charge in [0.2, 0.25) is 0 Å². The van der Waals surface area contributed by atoms with Gasteiger partial charge in [-0.25, -0.2) is 0 Å². The topological polar surface area (TPSA) is 24.6 Å². The molecule has 102 heavy (non-hydrogen) atoms. The molecule has 0 saturated carbocycles. The molecule has 4 nitrogen and oxygen atoms in total. The third kappa shape index (κ3) is 10.5. The minimum Gasteiger partial charge on any atom is -0.455 e. The molecule has 1 atom stereocenters. The van der Waals surface area contributed by atoms with Gasteiger partial charge in [-0.1, -0.05) is 257 Å². The monoisotopic (exact) mass is 1330 g/mol. The number of anilines is 6. The highest BCUT2D eigenvalue weighted by molar-refractivity contribution is 6.22. The largest absolute Gasteiger partial charge is 0.455 e. The van der Waals surface area contributed by atoms with Crippen molar-refractivity contribution in [1.29, 1.82) is 0 Å². The first-order chi connectivity index (χ1) is 48.3. The predicted octanol–water partition coefficient (Wildman–Crippen LogP) is 27.4. The first-order valence-corrected chi connectivity index (χ1v) is 36.9. The van der Waals surface area contributed by atoms with E-state index >= 15 is 0 Å². The lowest BCUT2D eigenvalue weighted by molar-refractivity contribution is 0.589. The van der Waals surface area contributed by atoms with Gasteiger partial charge >= 0.3 is 0 Å². The van der Waals surface area contributed by atoms with Crippen molar-refractivity contribution >= 4 is 77.9 Å². The smallest absolute Gasteiger partial charge is 0.145 e. The number of aromatic nitrogens is 1. The van der Waals surface area contributed by atoms with Gasteiger partial charge in [-0.3, -0.25) is 0 Å². The van der Waals surface area contributed by atoms with E-state index in [1.807, 2.05) is 0 Å². The molecule has 2 aliphatic carbocycles. The third-order valence-electron chi connectivity index (χ3n) is 22.7. The summed E-state index contributed by atoms with van der Waals surface area (Å²) in [5.41, 5.74) is 30.8. The van der Waals surface area contributed by atoms with Gasteiger partial charge in [0.05, 0.1) is 33.2 Å². The fraction of sp³-hybridized carbons (Fsp3) is 0.265. The van der Waals surface area contributed by atoms with Crippen LogP contribution in [0.25, 0.3) is 71.7 Å². The molecule has 4 heteroatoms. The van der Waals surface area contributed by atoms with E-state index in [0.717, 1.165) is 72.8 Å². The van der Waals surface area contributed by atoms with Gasteiger partial charge in [-0.05, 0) is 233 Å². The van der Waals surface area contributed by atoms with Gasteiger partial charge < -0.3 is 18.8 Å². The normalized spacial score (nSPS) is 15.1. The molecule has 0 N–H and O–H groups in total. The average molecular weight is 1330 g/mol. The number of para-hydroxylation sites is 1. The minimum absolute atomic E-state index is 0.00331. The highest BCUT2D eigenvalue weighted by atomic mass is 16.3. The fourth-order valence-electron chi connectivity index (χ4n) is 17.2. The summed E-state index contributed by atoms with van der Waals surface area (Å²) in [6, 6.07) is 94.4. The highest BCUT2D eigenvalue weighted by Gasteiger charge is 2.54. The second-order valence-electron chi connectivity index (χ2n) is 35.2. The minimum atomic E-state index is -1.03. The zero-order valence-corrected chi connectivity index (χ0v) is 63.3. The van der Waals surface area contributed by atoms with Gasteiger partial charge in [-0.15, -0.1) is 0 Å². The van der Waals surface area contributed by atoms with Gasteiger partial charge in [0.15, 0.2) is 0 Å². The van der Waals surface area contributed by atoms with Crippen LogP contribution < -0.4 is 9.80 Å². The molecule has 14 aromatic rings. The summed E-state index contributed by atoms with van der Waals surface area (Å²) >= 11 is 0. The number of rotatable bonds is 9. The second-order valence-corrected chi connectivity index (χ2v) is 35.2. The number of hydrogen-bond donors (Lipinski definition) is 0. The maximum absolute atomic E-state index is 7.91. The molecule has 0 bridgehead atoms. The Morgan fingerprint density at radius 1 is 0.343 bits per heavy atom. The van der Waals surface area contributed by atoms with Crippen molar-refractivity contribution in [2.75, 3.05) is 9.80 Å². The van der Waals surface area contributed by atoms with E-state index in [0.29, 0.717) is 0 Å². The van der Waals surface area contributed by atoms with Crippen LogP contribution in [0.1, 0.15) is 190 Å². The molecule has 0 fully saturated rings. The Morgan fingerprint density at radius 2 is 0.794 bits per heavy atom. The van der Waals surface area contributed by atoms with E-state index in [1.165, 1.54) is 105 Å². The molecule has 0 spiro atoms. The molecule has 510 valence electrons. The van der Waals surface area contributed by atoms with E-state index < -0.39 is 10.8 Å².